The van der Waals surface area contributed by atoms with Gasteiger partial charge in [-0.25, -0.2) is 0 Å². The smallest absolute Gasteiger partial charge is 0.0724 e. The molecule has 0 aliphatic heterocycles. The second kappa shape index (κ2) is 4.23. The molecular formula is C20H24O. The number of allylic oxidation sites excluding steroid dienone is 2. The lowest BCUT2D eigenvalue weighted by atomic mass is 9.68. The molecule has 0 spiro atoms. The van der Waals surface area contributed by atoms with E-state index < -0.39 is 0 Å². The lowest BCUT2D eigenvalue weighted by Crippen LogP contribution is -2.43. The monoisotopic (exact) mass is 280 g/mol. The molecule has 1 aromatic carbocycles. The van der Waals surface area contributed by atoms with Gasteiger partial charge < -0.3 is 4.74 Å². The zero-order chi connectivity index (χ0) is 14.0. The summed E-state index contributed by atoms with van der Waals surface area (Å²) in [5.41, 5.74) is 1.44. The molecule has 0 saturated heterocycles. The second-order valence-electron chi connectivity index (χ2n) is 8.00. The first-order valence-corrected chi connectivity index (χ1v) is 8.61. The molecule has 0 amide bonds. The van der Waals surface area contributed by atoms with Crippen LogP contribution < -0.4 is 0 Å². The summed E-state index contributed by atoms with van der Waals surface area (Å²) in [5.74, 6) is 5.44. The van der Waals surface area contributed by atoms with E-state index in [0.29, 0.717) is 0 Å². The predicted molar refractivity (Wildman–Crippen MR) is 83.6 cm³/mol. The van der Waals surface area contributed by atoms with Crippen LogP contribution in [0.15, 0.2) is 42.5 Å². The number of fused-ring (bicyclic) bond motifs is 9. The van der Waals surface area contributed by atoms with Gasteiger partial charge in [0.1, 0.15) is 0 Å². The van der Waals surface area contributed by atoms with Crippen molar-refractivity contribution in [3.8, 4) is 0 Å². The highest BCUT2D eigenvalue weighted by molar-refractivity contribution is 5.23. The predicted octanol–water partition coefficient (Wildman–Crippen LogP) is 4.44. The fraction of sp³-hybridized carbons (Fsp3) is 0.600. The summed E-state index contributed by atoms with van der Waals surface area (Å²) in [7, 11) is 0. The van der Waals surface area contributed by atoms with Crippen molar-refractivity contribution in [2.24, 2.45) is 35.5 Å². The third-order valence-corrected chi connectivity index (χ3v) is 7.01. The lowest BCUT2D eigenvalue weighted by molar-refractivity contribution is -0.106. The third kappa shape index (κ3) is 1.67. The Kier molecular flexibility index (Phi) is 2.51. The molecule has 7 unspecified atom stereocenters. The highest BCUT2D eigenvalue weighted by Gasteiger charge is 2.65. The van der Waals surface area contributed by atoms with Gasteiger partial charge in [0.15, 0.2) is 0 Å². The van der Waals surface area contributed by atoms with Crippen LogP contribution in [0.25, 0.3) is 0 Å². The number of benzene rings is 1. The molecule has 21 heavy (non-hydrogen) atoms. The molecule has 5 rings (SSSR count). The maximum Gasteiger partial charge on any atom is 0.0724 e. The van der Waals surface area contributed by atoms with Gasteiger partial charge in [0, 0.05) is 0 Å². The van der Waals surface area contributed by atoms with Crippen LogP contribution >= 0.6 is 0 Å². The van der Waals surface area contributed by atoms with Gasteiger partial charge in [-0.2, -0.15) is 0 Å². The number of hydrogen-bond donors (Lipinski definition) is 0. The Balaban J connectivity index is 1.36. The Hall–Kier alpha value is -1.08. The van der Waals surface area contributed by atoms with Gasteiger partial charge in [-0.1, -0.05) is 42.5 Å². The zero-order valence-corrected chi connectivity index (χ0v) is 12.7. The van der Waals surface area contributed by atoms with E-state index in [9.17, 15) is 0 Å². The van der Waals surface area contributed by atoms with Gasteiger partial charge >= 0.3 is 0 Å². The Morgan fingerprint density at radius 2 is 1.81 bits per heavy atom. The van der Waals surface area contributed by atoms with Crippen LogP contribution in [0.1, 0.15) is 31.7 Å². The molecular weight excluding hydrogens is 256 g/mol. The molecule has 4 aliphatic carbocycles. The molecule has 1 heteroatoms. The maximum atomic E-state index is 6.50. The Morgan fingerprint density at radius 1 is 1.05 bits per heavy atom. The number of hydrogen-bond acceptors (Lipinski definition) is 1. The van der Waals surface area contributed by atoms with Gasteiger partial charge in [-0.05, 0) is 67.3 Å². The molecule has 0 aromatic heterocycles. The summed E-state index contributed by atoms with van der Waals surface area (Å²) in [5, 5.41) is 0. The standard InChI is InChI=1S/C20H24O/c1-20(21-12-13-5-3-2-4-6-13)11-16-10-17(20)19-15-8-7-14(9-15)18(16)19/h2-8,14-19H,9-12H2,1H3. The summed E-state index contributed by atoms with van der Waals surface area (Å²) in [4.78, 5) is 0. The van der Waals surface area contributed by atoms with Gasteiger partial charge in [0.05, 0.1) is 12.2 Å². The lowest BCUT2D eigenvalue weighted by Gasteiger charge is -2.43. The first-order valence-electron chi connectivity index (χ1n) is 8.61. The molecule has 4 aliphatic rings. The first kappa shape index (κ1) is 12.5. The number of rotatable bonds is 3. The second-order valence-corrected chi connectivity index (χ2v) is 8.00. The summed E-state index contributed by atoms with van der Waals surface area (Å²) < 4.78 is 6.50. The van der Waals surface area contributed by atoms with E-state index >= 15 is 0 Å². The molecule has 7 atom stereocenters. The topological polar surface area (TPSA) is 9.23 Å². The third-order valence-electron chi connectivity index (χ3n) is 7.01. The number of ether oxygens (including phenoxy) is 1. The van der Waals surface area contributed by atoms with E-state index in [2.05, 4.69) is 49.4 Å². The maximum absolute atomic E-state index is 6.50. The minimum atomic E-state index is 0.125. The highest BCUT2D eigenvalue weighted by Crippen LogP contribution is 2.68. The average Bonchev–Trinajstić information content (AvgIpc) is 3.24. The molecule has 3 fully saturated rings. The summed E-state index contributed by atoms with van der Waals surface area (Å²) >= 11 is 0. The molecule has 0 N–H and O–H groups in total. The minimum absolute atomic E-state index is 0.125. The molecule has 4 bridgehead atoms. The van der Waals surface area contributed by atoms with Gasteiger partial charge in [-0.15, -0.1) is 0 Å². The van der Waals surface area contributed by atoms with Crippen LogP contribution in [0.4, 0.5) is 0 Å². The van der Waals surface area contributed by atoms with Crippen molar-refractivity contribution in [2.45, 2.75) is 38.4 Å². The molecule has 0 radical (unpaired) electrons. The van der Waals surface area contributed by atoms with Crippen molar-refractivity contribution in [3.63, 3.8) is 0 Å². The van der Waals surface area contributed by atoms with E-state index in [1.807, 2.05) is 0 Å². The fourth-order valence-corrected chi connectivity index (χ4v) is 6.31. The highest BCUT2D eigenvalue weighted by atomic mass is 16.5. The van der Waals surface area contributed by atoms with Gasteiger partial charge in [0.25, 0.3) is 0 Å². The first-order chi connectivity index (χ1) is 10.2. The average molecular weight is 280 g/mol. The Labute approximate surface area is 127 Å². The van der Waals surface area contributed by atoms with Gasteiger partial charge in [0.2, 0.25) is 0 Å². The Bertz CT molecular complexity index is 577. The van der Waals surface area contributed by atoms with Crippen LogP contribution in [-0.4, -0.2) is 5.60 Å². The van der Waals surface area contributed by atoms with Crippen LogP contribution in [0.2, 0.25) is 0 Å². The molecule has 1 aromatic rings. The van der Waals surface area contributed by atoms with Crippen molar-refractivity contribution in [2.75, 3.05) is 0 Å². The summed E-state index contributed by atoms with van der Waals surface area (Å²) in [6.45, 7) is 3.18. The molecule has 0 heterocycles. The summed E-state index contributed by atoms with van der Waals surface area (Å²) in [6.07, 6.45) is 9.20. The molecule has 3 saturated carbocycles. The van der Waals surface area contributed by atoms with E-state index in [-0.39, 0.29) is 5.60 Å². The minimum Gasteiger partial charge on any atom is -0.370 e. The van der Waals surface area contributed by atoms with E-state index in [1.54, 1.807) is 0 Å². The quantitative estimate of drug-likeness (QED) is 0.587. The Morgan fingerprint density at radius 3 is 2.62 bits per heavy atom. The van der Waals surface area contributed by atoms with E-state index in [0.717, 1.165) is 42.1 Å². The van der Waals surface area contributed by atoms with Gasteiger partial charge in [-0.3, -0.25) is 0 Å². The van der Waals surface area contributed by atoms with Crippen LogP contribution in [0.5, 0.6) is 0 Å². The normalized spacial score (nSPS) is 49.0. The van der Waals surface area contributed by atoms with Crippen molar-refractivity contribution >= 4 is 0 Å². The van der Waals surface area contributed by atoms with Crippen molar-refractivity contribution in [3.05, 3.63) is 48.0 Å². The zero-order valence-electron chi connectivity index (χ0n) is 12.7. The van der Waals surface area contributed by atoms with Crippen molar-refractivity contribution < 1.29 is 4.74 Å². The van der Waals surface area contributed by atoms with E-state index in [1.165, 1.54) is 24.8 Å². The fourth-order valence-electron chi connectivity index (χ4n) is 6.31. The van der Waals surface area contributed by atoms with Crippen molar-refractivity contribution in [1.29, 1.82) is 0 Å². The molecule has 1 nitrogen and oxygen atoms in total. The molecule has 110 valence electrons. The van der Waals surface area contributed by atoms with Crippen LogP contribution in [0, 0.1) is 35.5 Å². The summed E-state index contributed by atoms with van der Waals surface area (Å²) in [6, 6.07) is 10.7. The van der Waals surface area contributed by atoms with E-state index in [4.69, 9.17) is 4.74 Å². The SMILES string of the molecule is CC1(OCc2ccccc2)CC2CC1C1C3C=CC(C3)C21. The largest absolute Gasteiger partial charge is 0.370 e. The van der Waals surface area contributed by atoms with Crippen LogP contribution in [0.3, 0.4) is 0 Å². The van der Waals surface area contributed by atoms with Crippen LogP contribution in [-0.2, 0) is 11.3 Å². The van der Waals surface area contributed by atoms with Crippen molar-refractivity contribution in [1.82, 2.24) is 0 Å².